The Bertz CT molecular complexity index is 1190. The Balaban J connectivity index is 1.61. The van der Waals surface area contributed by atoms with Crippen LogP contribution in [-0.2, 0) is 29.2 Å². The first-order chi connectivity index (χ1) is 16.2. The molecule has 0 aliphatic carbocycles. The summed E-state index contributed by atoms with van der Waals surface area (Å²) >= 11 is 0. The lowest BCUT2D eigenvalue weighted by molar-refractivity contribution is -0.134. The molecule has 0 bridgehead atoms. The summed E-state index contributed by atoms with van der Waals surface area (Å²) in [7, 11) is -6.11. The zero-order valence-corrected chi connectivity index (χ0v) is 20.2. The van der Waals surface area contributed by atoms with Gasteiger partial charge in [-0.15, -0.1) is 0 Å². The van der Waals surface area contributed by atoms with Crippen molar-refractivity contribution in [2.75, 3.05) is 32.7 Å². The van der Waals surface area contributed by atoms with Crippen LogP contribution in [0.25, 0.3) is 0 Å². The highest BCUT2D eigenvalue weighted by Crippen LogP contribution is 2.35. The third-order valence-electron chi connectivity index (χ3n) is 5.71. The third kappa shape index (κ3) is 5.35. The minimum Gasteiger partial charge on any atom is -0.497 e. The molecule has 1 amide bonds. The molecule has 0 unspecified atom stereocenters. The van der Waals surface area contributed by atoms with E-state index in [1.807, 2.05) is 0 Å². The number of benzene rings is 2. The summed E-state index contributed by atoms with van der Waals surface area (Å²) in [5.74, 6) is -0.192. The smallest absolute Gasteiger partial charge is 0.265 e. The van der Waals surface area contributed by atoms with Crippen LogP contribution in [0.1, 0.15) is 19.3 Å². The van der Waals surface area contributed by atoms with Gasteiger partial charge in [-0.1, -0.05) is 0 Å². The van der Waals surface area contributed by atoms with Gasteiger partial charge in [-0.25, -0.2) is 22.3 Å². The number of hydrogen-bond acceptors (Lipinski definition) is 9. The van der Waals surface area contributed by atoms with Crippen molar-refractivity contribution in [3.63, 3.8) is 0 Å². The van der Waals surface area contributed by atoms with Crippen molar-refractivity contribution in [3.8, 4) is 11.5 Å². The van der Waals surface area contributed by atoms with Crippen molar-refractivity contribution in [1.29, 1.82) is 0 Å². The molecule has 1 saturated heterocycles. The predicted molar refractivity (Wildman–Crippen MR) is 121 cm³/mol. The van der Waals surface area contributed by atoms with Crippen LogP contribution in [0.2, 0.25) is 0 Å². The molecule has 1 aliphatic heterocycles. The number of amides is 1. The fourth-order valence-corrected chi connectivity index (χ4v) is 6.93. The Kier molecular flexibility index (Phi) is 8.18. The van der Waals surface area contributed by atoms with Crippen LogP contribution in [0.3, 0.4) is 0 Å². The fraction of sp³-hybridized carbons (Fsp3) is 0.409. The monoisotopic (exact) mass is 513 g/mol. The van der Waals surface area contributed by atoms with Crippen molar-refractivity contribution in [2.24, 2.45) is 0 Å². The van der Waals surface area contributed by atoms with Crippen molar-refractivity contribution < 1.29 is 41.0 Å². The molecule has 0 radical (unpaired) electrons. The summed E-state index contributed by atoms with van der Waals surface area (Å²) in [6.07, 6.45) is 0.0689. The lowest BCUT2D eigenvalue weighted by Crippen LogP contribution is -2.54. The molecule has 0 spiro atoms. The van der Waals surface area contributed by atoms with E-state index in [0.29, 0.717) is 11.5 Å². The maximum absolute atomic E-state index is 13.2. The molecule has 2 aromatic rings. The van der Waals surface area contributed by atoms with Gasteiger partial charge in [0.05, 0.1) is 29.3 Å². The standard InChI is InChI=1S/C22H27NO9S2/c1-30-17-3-7-19(8-4-17)33(26,27)16-2-13-32-18-5-9-20(10-6-18)34(28,29)22(21(24)23-25)11-14-31-15-12-22/h3-10,25H,2,11-16H2,1H3,(H,23,24). The summed E-state index contributed by atoms with van der Waals surface area (Å²) in [6, 6.07) is 11.6. The van der Waals surface area contributed by atoms with E-state index < -0.39 is 30.3 Å². The van der Waals surface area contributed by atoms with Crippen molar-refractivity contribution in [1.82, 2.24) is 5.48 Å². The van der Waals surface area contributed by atoms with Crippen LogP contribution in [0.15, 0.2) is 58.3 Å². The molecule has 34 heavy (non-hydrogen) atoms. The van der Waals surface area contributed by atoms with E-state index in [1.165, 1.54) is 49.0 Å². The summed E-state index contributed by atoms with van der Waals surface area (Å²) in [5, 5.41) is 9.11. The predicted octanol–water partition coefficient (Wildman–Crippen LogP) is 1.77. The second-order valence-electron chi connectivity index (χ2n) is 7.72. The van der Waals surface area contributed by atoms with Gasteiger partial charge in [0, 0.05) is 13.2 Å². The first-order valence-corrected chi connectivity index (χ1v) is 13.7. The van der Waals surface area contributed by atoms with Gasteiger partial charge < -0.3 is 14.2 Å². The van der Waals surface area contributed by atoms with Crippen LogP contribution in [-0.4, -0.2) is 65.4 Å². The van der Waals surface area contributed by atoms with E-state index in [-0.39, 0.29) is 54.6 Å². The summed E-state index contributed by atoms with van der Waals surface area (Å²) in [5.41, 5.74) is 1.47. The molecule has 1 aliphatic rings. The van der Waals surface area contributed by atoms with E-state index in [2.05, 4.69) is 0 Å². The Morgan fingerprint density at radius 3 is 2.09 bits per heavy atom. The van der Waals surface area contributed by atoms with E-state index in [1.54, 1.807) is 12.1 Å². The molecule has 0 atom stereocenters. The number of ether oxygens (including phenoxy) is 3. The SMILES string of the molecule is COc1ccc(S(=O)(=O)CCCOc2ccc(S(=O)(=O)C3(C(=O)NO)CCOCC3)cc2)cc1. The molecular weight excluding hydrogens is 486 g/mol. The van der Waals surface area contributed by atoms with Gasteiger partial charge in [-0.2, -0.15) is 0 Å². The van der Waals surface area contributed by atoms with Gasteiger partial charge in [-0.05, 0) is 67.8 Å². The first kappa shape index (κ1) is 25.9. The minimum atomic E-state index is -4.13. The van der Waals surface area contributed by atoms with Gasteiger partial charge in [-0.3, -0.25) is 10.0 Å². The second kappa shape index (κ2) is 10.7. The molecule has 0 saturated carbocycles. The average Bonchev–Trinajstić information content (AvgIpc) is 2.86. The summed E-state index contributed by atoms with van der Waals surface area (Å²) in [6.45, 7) is 0.260. The quantitative estimate of drug-likeness (QED) is 0.276. The molecule has 2 aromatic carbocycles. The van der Waals surface area contributed by atoms with Crippen LogP contribution in [0.5, 0.6) is 11.5 Å². The van der Waals surface area contributed by atoms with Crippen LogP contribution in [0.4, 0.5) is 0 Å². The molecule has 186 valence electrons. The highest BCUT2D eigenvalue weighted by Gasteiger charge is 2.52. The molecule has 3 rings (SSSR count). The summed E-state index contributed by atoms with van der Waals surface area (Å²) < 4.78 is 65.3. The molecule has 0 aromatic heterocycles. The van der Waals surface area contributed by atoms with Crippen LogP contribution >= 0.6 is 0 Å². The average molecular weight is 514 g/mol. The van der Waals surface area contributed by atoms with E-state index in [0.717, 1.165) is 0 Å². The maximum Gasteiger partial charge on any atom is 0.265 e. The third-order valence-corrected chi connectivity index (χ3v) is 10.0. The zero-order chi connectivity index (χ0) is 24.8. The van der Waals surface area contributed by atoms with Crippen molar-refractivity contribution in [2.45, 2.75) is 33.8 Å². The number of nitrogens with one attached hydrogen (secondary N) is 1. The largest absolute Gasteiger partial charge is 0.497 e. The van der Waals surface area contributed by atoms with Gasteiger partial charge in [0.2, 0.25) is 0 Å². The van der Waals surface area contributed by atoms with Gasteiger partial charge >= 0.3 is 0 Å². The van der Waals surface area contributed by atoms with E-state index in [9.17, 15) is 21.6 Å². The van der Waals surface area contributed by atoms with Crippen molar-refractivity contribution >= 4 is 25.6 Å². The van der Waals surface area contributed by atoms with E-state index >= 15 is 0 Å². The molecular formula is C22H27NO9S2. The Labute approximate surface area is 198 Å². The highest BCUT2D eigenvalue weighted by molar-refractivity contribution is 7.93. The molecule has 12 heteroatoms. The highest BCUT2D eigenvalue weighted by atomic mass is 32.2. The summed E-state index contributed by atoms with van der Waals surface area (Å²) in [4.78, 5) is 12.4. The molecule has 10 nitrogen and oxygen atoms in total. The maximum atomic E-state index is 13.2. The normalized spacial score (nSPS) is 15.9. The number of carbonyl (C=O) groups excluding carboxylic acids is 1. The number of rotatable bonds is 10. The lowest BCUT2D eigenvalue weighted by atomic mass is 9.98. The number of carbonyl (C=O) groups is 1. The Morgan fingerprint density at radius 1 is 0.971 bits per heavy atom. The van der Waals surface area contributed by atoms with Crippen LogP contribution < -0.4 is 15.0 Å². The van der Waals surface area contributed by atoms with Gasteiger partial charge in [0.15, 0.2) is 24.4 Å². The topological polar surface area (TPSA) is 145 Å². The minimum absolute atomic E-state index is 0.0767. The number of hydrogen-bond donors (Lipinski definition) is 2. The Morgan fingerprint density at radius 2 is 1.53 bits per heavy atom. The van der Waals surface area contributed by atoms with Gasteiger partial charge in [0.1, 0.15) is 11.5 Å². The lowest BCUT2D eigenvalue weighted by Gasteiger charge is -2.34. The molecule has 1 heterocycles. The van der Waals surface area contributed by atoms with Crippen molar-refractivity contribution in [3.05, 3.63) is 48.5 Å². The second-order valence-corrected chi connectivity index (χ2v) is 12.1. The number of hydroxylamine groups is 1. The molecule has 2 N–H and O–H groups in total. The number of methoxy groups -OCH3 is 1. The van der Waals surface area contributed by atoms with Crippen LogP contribution in [0, 0.1) is 0 Å². The number of sulfone groups is 2. The molecule has 1 fully saturated rings. The van der Waals surface area contributed by atoms with Gasteiger partial charge in [0.25, 0.3) is 5.91 Å². The zero-order valence-electron chi connectivity index (χ0n) is 18.6. The fourth-order valence-electron chi connectivity index (χ4n) is 3.70. The Hall–Kier alpha value is -2.67. The van der Waals surface area contributed by atoms with E-state index in [4.69, 9.17) is 19.4 Å². The first-order valence-electron chi connectivity index (χ1n) is 10.5.